The van der Waals surface area contributed by atoms with Crippen molar-refractivity contribution < 1.29 is 14.3 Å². The van der Waals surface area contributed by atoms with Crippen LogP contribution in [-0.4, -0.2) is 31.5 Å². The van der Waals surface area contributed by atoms with Crippen LogP contribution in [0.25, 0.3) is 0 Å². The van der Waals surface area contributed by atoms with Crippen LogP contribution in [0.4, 0.5) is 5.69 Å². The monoisotopic (exact) mass is 402 g/mol. The highest BCUT2D eigenvalue weighted by Crippen LogP contribution is 2.26. The van der Waals surface area contributed by atoms with Gasteiger partial charge >= 0.3 is 0 Å². The molecule has 0 spiro atoms. The number of carbonyl (C=O) groups is 2. The molecule has 3 rings (SSSR count). The van der Waals surface area contributed by atoms with E-state index in [4.69, 9.17) is 4.74 Å². The third kappa shape index (κ3) is 4.60. The highest BCUT2D eigenvalue weighted by atomic mass is 79.9. The average molecular weight is 403 g/mol. The van der Waals surface area contributed by atoms with Crippen LogP contribution in [-0.2, 0) is 9.59 Å². The Bertz CT molecular complexity index is 734. The van der Waals surface area contributed by atoms with Crippen molar-refractivity contribution in [2.45, 2.75) is 6.42 Å². The van der Waals surface area contributed by atoms with Gasteiger partial charge in [-0.25, -0.2) is 0 Å². The SMILES string of the molecule is O=C(NCCOc1ccccc1)C1CC(=O)N(c2ccc(Br)cc2)C1. The van der Waals surface area contributed by atoms with Crippen molar-refractivity contribution in [3.05, 3.63) is 59.1 Å². The van der Waals surface area contributed by atoms with Crippen molar-refractivity contribution in [3.63, 3.8) is 0 Å². The lowest BCUT2D eigenvalue weighted by atomic mass is 10.1. The smallest absolute Gasteiger partial charge is 0.227 e. The lowest BCUT2D eigenvalue weighted by Crippen LogP contribution is -2.35. The van der Waals surface area contributed by atoms with E-state index in [1.54, 1.807) is 4.90 Å². The van der Waals surface area contributed by atoms with Gasteiger partial charge in [0.25, 0.3) is 0 Å². The Balaban J connectivity index is 1.46. The molecule has 0 bridgehead atoms. The summed E-state index contributed by atoms with van der Waals surface area (Å²) in [5, 5.41) is 2.85. The van der Waals surface area contributed by atoms with E-state index in [2.05, 4.69) is 21.2 Å². The van der Waals surface area contributed by atoms with E-state index < -0.39 is 0 Å². The molecule has 2 aromatic carbocycles. The molecule has 1 heterocycles. The molecular weight excluding hydrogens is 384 g/mol. The van der Waals surface area contributed by atoms with Crippen LogP contribution in [0.3, 0.4) is 0 Å². The number of ether oxygens (including phenoxy) is 1. The zero-order chi connectivity index (χ0) is 17.6. The molecule has 0 aromatic heterocycles. The van der Waals surface area contributed by atoms with Crippen LogP contribution in [0.1, 0.15) is 6.42 Å². The van der Waals surface area contributed by atoms with Crippen LogP contribution in [0.15, 0.2) is 59.1 Å². The third-order valence-corrected chi connectivity index (χ3v) is 4.58. The number of halogens is 1. The van der Waals surface area contributed by atoms with Gasteiger partial charge in [-0.3, -0.25) is 9.59 Å². The molecule has 1 atom stereocenters. The molecule has 1 fully saturated rings. The summed E-state index contributed by atoms with van der Waals surface area (Å²) in [4.78, 5) is 26.1. The van der Waals surface area contributed by atoms with E-state index in [-0.39, 0.29) is 24.2 Å². The van der Waals surface area contributed by atoms with Gasteiger partial charge in [0.15, 0.2) is 0 Å². The molecule has 0 aliphatic carbocycles. The standard InChI is InChI=1S/C19H19BrN2O3/c20-15-6-8-16(9-7-15)22-13-14(12-18(22)23)19(24)21-10-11-25-17-4-2-1-3-5-17/h1-9,14H,10-13H2,(H,21,24). The molecule has 1 N–H and O–H groups in total. The Kier molecular flexibility index (Phi) is 5.71. The van der Waals surface area contributed by atoms with Crippen molar-refractivity contribution in [2.75, 3.05) is 24.6 Å². The first-order valence-corrected chi connectivity index (χ1v) is 8.94. The molecule has 0 radical (unpaired) electrons. The molecule has 1 unspecified atom stereocenters. The molecule has 0 saturated carbocycles. The Morgan fingerprint density at radius 1 is 1.16 bits per heavy atom. The molecular formula is C19H19BrN2O3. The van der Waals surface area contributed by atoms with Gasteiger partial charge in [0, 0.05) is 23.1 Å². The summed E-state index contributed by atoms with van der Waals surface area (Å²) in [5.41, 5.74) is 0.816. The molecule has 5 nitrogen and oxygen atoms in total. The highest BCUT2D eigenvalue weighted by molar-refractivity contribution is 9.10. The molecule has 25 heavy (non-hydrogen) atoms. The zero-order valence-corrected chi connectivity index (χ0v) is 15.2. The summed E-state index contributed by atoms with van der Waals surface area (Å²) in [6.45, 7) is 1.22. The molecule has 2 amide bonds. The zero-order valence-electron chi connectivity index (χ0n) is 13.7. The van der Waals surface area contributed by atoms with Crippen molar-refractivity contribution in [2.24, 2.45) is 5.92 Å². The lowest BCUT2D eigenvalue weighted by Gasteiger charge is -2.16. The minimum atomic E-state index is -0.326. The molecule has 6 heteroatoms. The van der Waals surface area contributed by atoms with Crippen LogP contribution >= 0.6 is 15.9 Å². The van der Waals surface area contributed by atoms with Crippen molar-refractivity contribution in [1.82, 2.24) is 5.32 Å². The topological polar surface area (TPSA) is 58.6 Å². The quantitative estimate of drug-likeness (QED) is 0.755. The largest absolute Gasteiger partial charge is 0.492 e. The first-order chi connectivity index (χ1) is 12.1. The van der Waals surface area contributed by atoms with Gasteiger partial charge in [0.05, 0.1) is 12.5 Å². The summed E-state index contributed by atoms with van der Waals surface area (Å²) in [7, 11) is 0. The molecule has 2 aromatic rings. The number of nitrogens with one attached hydrogen (secondary N) is 1. The van der Waals surface area contributed by atoms with E-state index in [0.717, 1.165) is 15.9 Å². The van der Waals surface area contributed by atoms with E-state index in [1.807, 2.05) is 54.6 Å². The fourth-order valence-electron chi connectivity index (χ4n) is 2.76. The fraction of sp³-hybridized carbons (Fsp3) is 0.263. The molecule has 1 aliphatic rings. The summed E-state index contributed by atoms with van der Waals surface area (Å²) >= 11 is 3.38. The highest BCUT2D eigenvalue weighted by Gasteiger charge is 2.34. The van der Waals surface area contributed by atoms with Crippen LogP contribution in [0.5, 0.6) is 5.75 Å². The maximum Gasteiger partial charge on any atom is 0.227 e. The molecule has 130 valence electrons. The van der Waals surface area contributed by atoms with Crippen molar-refractivity contribution in [1.29, 1.82) is 0 Å². The third-order valence-electron chi connectivity index (χ3n) is 4.05. The summed E-state index contributed by atoms with van der Waals surface area (Å²) in [5.74, 6) is 0.315. The number of amides is 2. The van der Waals surface area contributed by atoms with E-state index in [0.29, 0.717) is 19.7 Å². The number of benzene rings is 2. The van der Waals surface area contributed by atoms with Gasteiger partial charge in [-0.1, -0.05) is 34.1 Å². The van der Waals surface area contributed by atoms with Gasteiger partial charge in [0.2, 0.25) is 11.8 Å². The van der Waals surface area contributed by atoms with E-state index >= 15 is 0 Å². The maximum atomic E-state index is 12.3. The van der Waals surface area contributed by atoms with Gasteiger partial charge in [0.1, 0.15) is 12.4 Å². The summed E-state index contributed by atoms with van der Waals surface area (Å²) in [6.07, 6.45) is 0.238. The first-order valence-electron chi connectivity index (χ1n) is 8.15. The maximum absolute atomic E-state index is 12.3. The molecule has 1 aliphatic heterocycles. The minimum Gasteiger partial charge on any atom is -0.492 e. The molecule has 1 saturated heterocycles. The number of hydrogen-bond acceptors (Lipinski definition) is 3. The number of anilines is 1. The lowest BCUT2D eigenvalue weighted by molar-refractivity contribution is -0.126. The van der Waals surface area contributed by atoms with Crippen LogP contribution in [0, 0.1) is 5.92 Å². The second kappa shape index (κ2) is 8.16. The van der Waals surface area contributed by atoms with Crippen molar-refractivity contribution >= 4 is 33.4 Å². The minimum absolute atomic E-state index is 0.0250. The number of para-hydroxylation sites is 1. The summed E-state index contributed by atoms with van der Waals surface area (Å²) < 4.78 is 6.50. The van der Waals surface area contributed by atoms with Crippen molar-refractivity contribution in [3.8, 4) is 5.75 Å². The van der Waals surface area contributed by atoms with Crippen LogP contribution < -0.4 is 15.0 Å². The summed E-state index contributed by atoms with van der Waals surface area (Å²) in [6, 6.07) is 17.0. The second-order valence-corrected chi connectivity index (χ2v) is 6.75. The number of nitrogens with zero attached hydrogens (tertiary/aromatic N) is 1. The first kappa shape index (κ1) is 17.5. The number of hydrogen-bond donors (Lipinski definition) is 1. The Morgan fingerprint density at radius 2 is 1.88 bits per heavy atom. The number of rotatable bonds is 6. The Hall–Kier alpha value is -2.34. The average Bonchev–Trinajstić information content (AvgIpc) is 3.02. The predicted molar refractivity (Wildman–Crippen MR) is 99.5 cm³/mol. The van der Waals surface area contributed by atoms with Gasteiger partial charge < -0.3 is 15.0 Å². The van der Waals surface area contributed by atoms with E-state index in [1.165, 1.54) is 0 Å². The van der Waals surface area contributed by atoms with E-state index in [9.17, 15) is 9.59 Å². The number of carbonyl (C=O) groups excluding carboxylic acids is 2. The van der Waals surface area contributed by atoms with Gasteiger partial charge in [-0.15, -0.1) is 0 Å². The van der Waals surface area contributed by atoms with Crippen LogP contribution in [0.2, 0.25) is 0 Å². The Labute approximate surface area is 155 Å². The predicted octanol–water partition coefficient (Wildman–Crippen LogP) is 3.00. The fourth-order valence-corrected chi connectivity index (χ4v) is 3.02. The normalized spacial score (nSPS) is 16.8. The second-order valence-electron chi connectivity index (χ2n) is 5.83. The van der Waals surface area contributed by atoms with Gasteiger partial charge in [-0.05, 0) is 36.4 Å². The Morgan fingerprint density at radius 3 is 2.60 bits per heavy atom. The van der Waals surface area contributed by atoms with Gasteiger partial charge in [-0.2, -0.15) is 0 Å².